The number of methoxy groups -OCH3 is 2. The summed E-state index contributed by atoms with van der Waals surface area (Å²) in [4.78, 5) is 7.62. The van der Waals surface area contributed by atoms with E-state index in [2.05, 4.69) is 24.9 Å². The molecule has 0 saturated heterocycles. The third-order valence-corrected chi connectivity index (χ3v) is 6.49. The minimum absolute atomic E-state index is 0.0257. The third-order valence-electron chi connectivity index (χ3n) is 5.25. The molecule has 11 nitrogen and oxygen atoms in total. The second-order valence-electron chi connectivity index (χ2n) is 7.45. The molecule has 0 aliphatic rings. The van der Waals surface area contributed by atoms with E-state index in [-0.39, 0.29) is 23.9 Å². The van der Waals surface area contributed by atoms with E-state index in [9.17, 15) is 8.42 Å². The van der Waals surface area contributed by atoms with E-state index >= 15 is 0 Å². The summed E-state index contributed by atoms with van der Waals surface area (Å²) in [5.74, 6) is 2.16. The zero-order chi connectivity index (χ0) is 24.3. The number of aromatic amines is 1. The summed E-state index contributed by atoms with van der Waals surface area (Å²) >= 11 is 0. The van der Waals surface area contributed by atoms with Gasteiger partial charge in [-0.2, -0.15) is 0 Å². The zero-order valence-corrected chi connectivity index (χ0v) is 20.1. The number of nitrogens with one attached hydrogen (secondary N) is 2. The number of imidazole rings is 1. The number of sulfonamides is 1. The van der Waals surface area contributed by atoms with E-state index in [1.807, 2.05) is 13.8 Å². The molecule has 3 heterocycles. The molecule has 4 aromatic rings. The van der Waals surface area contributed by atoms with Crippen LogP contribution < -0.4 is 14.2 Å². The molecule has 0 fully saturated rings. The van der Waals surface area contributed by atoms with Crippen LogP contribution in [-0.4, -0.2) is 53.1 Å². The first-order valence-electron chi connectivity index (χ1n) is 10.6. The van der Waals surface area contributed by atoms with Crippen molar-refractivity contribution in [2.45, 2.75) is 26.7 Å². The number of H-pyrrole nitrogens is 1. The number of rotatable bonds is 10. The number of hydrogen-bond donors (Lipinski definition) is 2. The first kappa shape index (κ1) is 23.4. The molecule has 3 aromatic heterocycles. The number of aromatic nitrogens is 5. The number of hydrogen-bond acceptors (Lipinski definition) is 8. The minimum Gasteiger partial charge on any atom is -0.494 e. The highest BCUT2D eigenvalue weighted by Gasteiger charge is 2.26. The summed E-state index contributed by atoms with van der Waals surface area (Å²) in [5, 5.41) is 8.28. The fourth-order valence-corrected chi connectivity index (χ4v) is 4.55. The lowest BCUT2D eigenvalue weighted by atomic mass is 10.2. The van der Waals surface area contributed by atoms with Crippen LogP contribution in [0.3, 0.4) is 0 Å². The van der Waals surface area contributed by atoms with Gasteiger partial charge >= 0.3 is 0 Å². The van der Waals surface area contributed by atoms with Gasteiger partial charge in [0.25, 0.3) is 0 Å². The number of ether oxygens (including phenoxy) is 2. The fraction of sp³-hybridized carbons (Fsp3) is 0.318. The van der Waals surface area contributed by atoms with Gasteiger partial charge in [0, 0.05) is 18.5 Å². The Balaban J connectivity index is 1.73. The quantitative estimate of drug-likeness (QED) is 0.349. The van der Waals surface area contributed by atoms with Gasteiger partial charge in [-0.15, -0.1) is 10.2 Å². The molecule has 2 N–H and O–H groups in total. The average Bonchev–Trinajstić information content (AvgIpc) is 3.57. The van der Waals surface area contributed by atoms with Gasteiger partial charge in [0.05, 0.1) is 31.9 Å². The normalized spacial score (nSPS) is 11.5. The molecular weight excluding hydrogens is 460 g/mol. The van der Waals surface area contributed by atoms with Crippen LogP contribution in [0, 0.1) is 6.92 Å². The number of nitrogens with zero attached hydrogens (tertiary/aromatic N) is 4. The second kappa shape index (κ2) is 9.59. The Kier molecular flexibility index (Phi) is 6.59. The molecule has 0 bridgehead atoms. The Morgan fingerprint density at radius 3 is 2.44 bits per heavy atom. The standard InChI is InChI=1S/C22H26N6O5S/c1-5-19-23-14(2)15(24-19)11-13-34(29,30)27-22-26-25-21(18-10-7-12-33-18)28(22)20-16(31-3)8-6-9-17(20)32-4/h6-10,12H,5,11,13H2,1-4H3,(H,23,24)(H,26,27). The van der Waals surface area contributed by atoms with Gasteiger partial charge < -0.3 is 18.9 Å². The van der Waals surface area contributed by atoms with Crippen LogP contribution in [0.1, 0.15) is 24.1 Å². The molecule has 0 saturated carbocycles. The SMILES string of the molecule is CCc1nc(CCS(=O)(=O)Nc2nnc(-c3ccco3)n2-c2c(OC)cccc2OC)c(C)[nH]1. The lowest BCUT2D eigenvalue weighted by Crippen LogP contribution is -2.21. The maximum atomic E-state index is 13.0. The van der Waals surface area contributed by atoms with Crippen LogP contribution in [0.15, 0.2) is 41.0 Å². The van der Waals surface area contributed by atoms with Crippen molar-refractivity contribution >= 4 is 16.0 Å². The Hall–Kier alpha value is -3.80. The lowest BCUT2D eigenvalue weighted by Gasteiger charge is -2.17. The summed E-state index contributed by atoms with van der Waals surface area (Å²) in [6, 6.07) is 8.63. The van der Waals surface area contributed by atoms with Crippen molar-refractivity contribution in [3.05, 3.63) is 53.8 Å². The second-order valence-corrected chi connectivity index (χ2v) is 9.29. The van der Waals surface area contributed by atoms with Crippen LogP contribution in [0.5, 0.6) is 11.5 Å². The lowest BCUT2D eigenvalue weighted by molar-refractivity contribution is 0.391. The maximum absolute atomic E-state index is 13.0. The molecule has 0 radical (unpaired) electrons. The smallest absolute Gasteiger partial charge is 0.243 e. The van der Waals surface area contributed by atoms with Crippen LogP contribution in [0.2, 0.25) is 0 Å². The summed E-state index contributed by atoms with van der Waals surface area (Å²) in [7, 11) is -0.792. The molecule has 0 aliphatic carbocycles. The van der Waals surface area contributed by atoms with Crippen molar-refractivity contribution in [2.24, 2.45) is 0 Å². The first-order valence-corrected chi connectivity index (χ1v) is 12.3. The third kappa shape index (κ3) is 4.62. The van der Waals surface area contributed by atoms with E-state index < -0.39 is 10.0 Å². The predicted molar refractivity (Wildman–Crippen MR) is 126 cm³/mol. The van der Waals surface area contributed by atoms with Crippen molar-refractivity contribution in [1.82, 2.24) is 24.7 Å². The van der Waals surface area contributed by atoms with Gasteiger partial charge in [0.1, 0.15) is 23.0 Å². The van der Waals surface area contributed by atoms with Crippen molar-refractivity contribution in [3.8, 4) is 28.8 Å². The minimum atomic E-state index is -3.81. The number of para-hydroxylation sites is 1. The molecule has 4 rings (SSSR count). The highest BCUT2D eigenvalue weighted by atomic mass is 32.2. The van der Waals surface area contributed by atoms with E-state index in [0.717, 1.165) is 17.9 Å². The summed E-state index contributed by atoms with van der Waals surface area (Å²) in [6.07, 6.45) is 2.48. The van der Waals surface area contributed by atoms with Crippen molar-refractivity contribution in [2.75, 3.05) is 24.7 Å². The van der Waals surface area contributed by atoms with Crippen LogP contribution >= 0.6 is 0 Å². The van der Waals surface area contributed by atoms with Gasteiger partial charge in [-0.3, -0.25) is 9.29 Å². The van der Waals surface area contributed by atoms with Gasteiger partial charge in [-0.05, 0) is 31.2 Å². The maximum Gasteiger partial charge on any atom is 0.243 e. The first-order chi connectivity index (χ1) is 16.4. The average molecular weight is 487 g/mol. The Morgan fingerprint density at radius 1 is 1.12 bits per heavy atom. The van der Waals surface area contributed by atoms with Crippen LogP contribution in [0.25, 0.3) is 17.3 Å². The van der Waals surface area contributed by atoms with Crippen molar-refractivity contribution < 1.29 is 22.3 Å². The predicted octanol–water partition coefficient (Wildman–Crippen LogP) is 3.12. The number of aryl methyl sites for hydroxylation is 3. The molecule has 12 heteroatoms. The molecular formula is C22H26N6O5S. The number of benzene rings is 1. The summed E-state index contributed by atoms with van der Waals surface area (Å²) in [6.45, 7) is 3.86. The molecule has 0 amide bonds. The fourth-order valence-electron chi connectivity index (χ4n) is 3.57. The van der Waals surface area contributed by atoms with E-state index in [1.165, 1.54) is 25.0 Å². The number of anilines is 1. The van der Waals surface area contributed by atoms with Crippen LogP contribution in [-0.2, 0) is 22.9 Å². The van der Waals surface area contributed by atoms with Gasteiger partial charge in [-0.1, -0.05) is 13.0 Å². The Bertz CT molecular complexity index is 1350. The molecule has 0 atom stereocenters. The molecule has 1 aromatic carbocycles. The van der Waals surface area contributed by atoms with E-state index in [4.69, 9.17) is 13.9 Å². The highest BCUT2D eigenvalue weighted by molar-refractivity contribution is 7.92. The monoisotopic (exact) mass is 486 g/mol. The molecule has 34 heavy (non-hydrogen) atoms. The Morgan fingerprint density at radius 2 is 1.85 bits per heavy atom. The van der Waals surface area contributed by atoms with E-state index in [1.54, 1.807) is 30.3 Å². The van der Waals surface area contributed by atoms with Gasteiger partial charge in [-0.25, -0.2) is 13.4 Å². The van der Waals surface area contributed by atoms with Crippen molar-refractivity contribution in [1.29, 1.82) is 0 Å². The summed E-state index contributed by atoms with van der Waals surface area (Å²) < 4.78 is 46.7. The van der Waals surface area contributed by atoms with Gasteiger partial charge in [0.15, 0.2) is 5.76 Å². The molecule has 0 unspecified atom stereocenters. The zero-order valence-electron chi connectivity index (χ0n) is 19.3. The topological polar surface area (TPSA) is 137 Å². The molecule has 0 aliphatic heterocycles. The summed E-state index contributed by atoms with van der Waals surface area (Å²) in [5.41, 5.74) is 2.00. The van der Waals surface area contributed by atoms with Crippen LogP contribution in [0.4, 0.5) is 5.95 Å². The van der Waals surface area contributed by atoms with E-state index in [0.29, 0.717) is 28.6 Å². The highest BCUT2D eigenvalue weighted by Crippen LogP contribution is 2.37. The number of furan rings is 1. The molecule has 180 valence electrons. The Labute approximate surface area is 197 Å². The van der Waals surface area contributed by atoms with Crippen molar-refractivity contribution in [3.63, 3.8) is 0 Å². The van der Waals surface area contributed by atoms with Gasteiger partial charge in [0.2, 0.25) is 21.8 Å². The largest absolute Gasteiger partial charge is 0.494 e. The molecule has 0 spiro atoms.